The molecule has 0 unspecified atom stereocenters. The fourth-order valence-corrected chi connectivity index (χ4v) is 2.12. The fourth-order valence-electron chi connectivity index (χ4n) is 2.12. The maximum atomic E-state index is 10.9. The molecule has 0 saturated heterocycles. The maximum absolute atomic E-state index is 10.9. The SMILES string of the molecule is CCCCc1c(O)c(N=O)c2ccccc2c1O. The Morgan fingerprint density at radius 3 is 2.39 bits per heavy atom. The molecule has 0 spiro atoms. The van der Waals surface area contributed by atoms with E-state index in [4.69, 9.17) is 0 Å². The van der Waals surface area contributed by atoms with E-state index in [2.05, 4.69) is 5.18 Å². The van der Waals surface area contributed by atoms with Gasteiger partial charge in [-0.05, 0) is 18.0 Å². The van der Waals surface area contributed by atoms with Gasteiger partial charge in [-0.2, -0.15) is 0 Å². The van der Waals surface area contributed by atoms with E-state index in [1.165, 1.54) is 0 Å². The number of benzene rings is 2. The van der Waals surface area contributed by atoms with Crippen molar-refractivity contribution in [3.05, 3.63) is 34.7 Å². The minimum absolute atomic E-state index is 0.00880. The Morgan fingerprint density at radius 2 is 1.78 bits per heavy atom. The molecule has 18 heavy (non-hydrogen) atoms. The number of hydrogen-bond acceptors (Lipinski definition) is 4. The lowest BCUT2D eigenvalue weighted by atomic mass is 9.98. The monoisotopic (exact) mass is 245 g/mol. The third-order valence-electron chi connectivity index (χ3n) is 3.10. The number of aromatic hydroxyl groups is 2. The van der Waals surface area contributed by atoms with E-state index >= 15 is 0 Å². The first-order chi connectivity index (χ1) is 8.70. The summed E-state index contributed by atoms with van der Waals surface area (Å²) in [4.78, 5) is 10.9. The Labute approximate surface area is 105 Å². The lowest BCUT2D eigenvalue weighted by Crippen LogP contribution is -1.89. The Hall–Kier alpha value is -2.10. The number of phenolic OH excluding ortho intramolecular Hbond substituents is 2. The van der Waals surface area contributed by atoms with Crippen LogP contribution >= 0.6 is 0 Å². The molecule has 0 atom stereocenters. The Kier molecular flexibility index (Phi) is 3.46. The summed E-state index contributed by atoms with van der Waals surface area (Å²) in [6, 6.07) is 6.89. The number of phenols is 2. The van der Waals surface area contributed by atoms with Crippen LogP contribution in [0, 0.1) is 4.91 Å². The van der Waals surface area contributed by atoms with E-state index in [9.17, 15) is 15.1 Å². The zero-order valence-corrected chi connectivity index (χ0v) is 10.2. The summed E-state index contributed by atoms with van der Waals surface area (Å²) in [5.41, 5.74) is 0.416. The number of hydrogen-bond donors (Lipinski definition) is 2. The van der Waals surface area contributed by atoms with Gasteiger partial charge in [0, 0.05) is 16.3 Å². The van der Waals surface area contributed by atoms with Crippen LogP contribution in [0.4, 0.5) is 5.69 Å². The van der Waals surface area contributed by atoms with Crippen molar-refractivity contribution in [3.8, 4) is 11.5 Å². The molecule has 0 aliphatic rings. The second-order valence-electron chi connectivity index (χ2n) is 4.26. The number of rotatable bonds is 4. The van der Waals surface area contributed by atoms with Crippen LogP contribution in [-0.2, 0) is 6.42 Å². The number of nitrogens with zero attached hydrogens (tertiary/aromatic N) is 1. The molecule has 4 nitrogen and oxygen atoms in total. The van der Waals surface area contributed by atoms with Crippen molar-refractivity contribution in [2.24, 2.45) is 5.18 Å². The van der Waals surface area contributed by atoms with Gasteiger partial charge in [0.05, 0.1) is 0 Å². The third-order valence-corrected chi connectivity index (χ3v) is 3.10. The molecule has 0 aromatic heterocycles. The van der Waals surface area contributed by atoms with E-state index in [0.29, 0.717) is 22.8 Å². The summed E-state index contributed by atoms with van der Waals surface area (Å²) in [5.74, 6) is -0.154. The van der Waals surface area contributed by atoms with Crippen molar-refractivity contribution in [2.75, 3.05) is 0 Å². The Balaban J connectivity index is 2.74. The molecule has 0 amide bonds. The summed E-state index contributed by atoms with van der Waals surface area (Å²) < 4.78 is 0. The lowest BCUT2D eigenvalue weighted by molar-refractivity contribution is 0.442. The van der Waals surface area contributed by atoms with E-state index < -0.39 is 0 Å². The molecule has 2 aromatic carbocycles. The minimum Gasteiger partial charge on any atom is -0.507 e. The molecule has 0 aliphatic carbocycles. The van der Waals surface area contributed by atoms with Crippen molar-refractivity contribution in [3.63, 3.8) is 0 Å². The average Bonchev–Trinajstić information content (AvgIpc) is 2.39. The van der Waals surface area contributed by atoms with Crippen molar-refractivity contribution in [1.29, 1.82) is 0 Å². The van der Waals surface area contributed by atoms with Crippen LogP contribution in [0.1, 0.15) is 25.3 Å². The maximum Gasteiger partial charge on any atom is 0.157 e. The smallest absolute Gasteiger partial charge is 0.157 e. The first kappa shape index (κ1) is 12.4. The normalized spacial score (nSPS) is 10.7. The first-order valence-corrected chi connectivity index (χ1v) is 5.99. The third kappa shape index (κ3) is 1.90. The summed E-state index contributed by atoms with van der Waals surface area (Å²) in [5, 5.41) is 24.1. The van der Waals surface area contributed by atoms with Crippen molar-refractivity contribution in [2.45, 2.75) is 26.2 Å². The topological polar surface area (TPSA) is 69.9 Å². The molecule has 0 heterocycles. The van der Waals surface area contributed by atoms with Gasteiger partial charge in [0.15, 0.2) is 11.4 Å². The van der Waals surface area contributed by atoms with E-state index in [1.54, 1.807) is 24.3 Å². The molecular formula is C14H15NO3. The second-order valence-corrected chi connectivity index (χ2v) is 4.26. The van der Waals surface area contributed by atoms with Crippen LogP contribution in [0.2, 0.25) is 0 Å². The molecule has 94 valence electrons. The number of unbranched alkanes of at least 4 members (excludes halogenated alkanes) is 1. The molecule has 2 N–H and O–H groups in total. The highest BCUT2D eigenvalue weighted by atomic mass is 16.3. The zero-order valence-electron chi connectivity index (χ0n) is 10.2. The predicted molar refractivity (Wildman–Crippen MR) is 71.3 cm³/mol. The zero-order chi connectivity index (χ0) is 13.1. The molecule has 2 aromatic rings. The fraction of sp³-hybridized carbons (Fsp3) is 0.286. The molecule has 2 rings (SSSR count). The molecule has 0 saturated carbocycles. The largest absolute Gasteiger partial charge is 0.507 e. The Morgan fingerprint density at radius 1 is 1.11 bits per heavy atom. The van der Waals surface area contributed by atoms with Crippen LogP contribution in [0.3, 0.4) is 0 Å². The van der Waals surface area contributed by atoms with Crippen LogP contribution in [0.15, 0.2) is 29.4 Å². The van der Waals surface area contributed by atoms with Gasteiger partial charge in [0.25, 0.3) is 0 Å². The van der Waals surface area contributed by atoms with Gasteiger partial charge in [0.2, 0.25) is 0 Å². The molecule has 0 radical (unpaired) electrons. The average molecular weight is 245 g/mol. The van der Waals surface area contributed by atoms with Crippen molar-refractivity contribution in [1.82, 2.24) is 0 Å². The predicted octanol–water partition coefficient (Wildman–Crippen LogP) is 3.99. The summed E-state index contributed by atoms with van der Waals surface area (Å²) in [6.07, 6.45) is 2.30. The van der Waals surface area contributed by atoms with Crippen LogP contribution in [-0.4, -0.2) is 10.2 Å². The van der Waals surface area contributed by atoms with Gasteiger partial charge < -0.3 is 10.2 Å². The summed E-state index contributed by atoms with van der Waals surface area (Å²) >= 11 is 0. The van der Waals surface area contributed by atoms with Gasteiger partial charge in [-0.15, -0.1) is 4.91 Å². The van der Waals surface area contributed by atoms with Gasteiger partial charge in [-0.25, -0.2) is 0 Å². The quantitative estimate of drug-likeness (QED) is 0.800. The lowest BCUT2D eigenvalue weighted by Gasteiger charge is -2.12. The molecular weight excluding hydrogens is 230 g/mol. The van der Waals surface area contributed by atoms with Gasteiger partial charge in [-0.3, -0.25) is 0 Å². The second kappa shape index (κ2) is 5.04. The first-order valence-electron chi connectivity index (χ1n) is 5.99. The highest BCUT2D eigenvalue weighted by molar-refractivity contribution is 6.00. The molecule has 4 heteroatoms. The van der Waals surface area contributed by atoms with E-state index in [0.717, 1.165) is 12.8 Å². The van der Waals surface area contributed by atoms with Crippen LogP contribution in [0.5, 0.6) is 11.5 Å². The highest BCUT2D eigenvalue weighted by Gasteiger charge is 2.18. The van der Waals surface area contributed by atoms with Gasteiger partial charge in [-0.1, -0.05) is 37.6 Å². The van der Waals surface area contributed by atoms with E-state index in [1.807, 2.05) is 6.92 Å². The number of nitroso groups, excluding NO2 is 1. The van der Waals surface area contributed by atoms with Crippen molar-refractivity contribution >= 4 is 16.5 Å². The van der Waals surface area contributed by atoms with Crippen molar-refractivity contribution < 1.29 is 10.2 Å². The standard InChI is InChI=1S/C14H15NO3/c1-2-3-6-11-13(16)10-8-5-4-7-9(10)12(15-18)14(11)17/h4-5,7-8,16-17H,2-3,6H2,1H3. The minimum atomic E-state index is -0.199. The molecule has 0 bridgehead atoms. The van der Waals surface area contributed by atoms with Crippen LogP contribution in [0.25, 0.3) is 10.8 Å². The Bertz CT molecular complexity index is 593. The number of fused-ring (bicyclic) bond motifs is 1. The van der Waals surface area contributed by atoms with Gasteiger partial charge >= 0.3 is 0 Å². The van der Waals surface area contributed by atoms with E-state index in [-0.39, 0.29) is 17.2 Å². The van der Waals surface area contributed by atoms with Gasteiger partial charge in [0.1, 0.15) is 5.75 Å². The van der Waals surface area contributed by atoms with Crippen LogP contribution < -0.4 is 0 Å². The molecule has 0 fully saturated rings. The summed E-state index contributed by atoms with van der Waals surface area (Å²) in [6.45, 7) is 2.02. The highest BCUT2D eigenvalue weighted by Crippen LogP contribution is 2.45. The summed E-state index contributed by atoms with van der Waals surface area (Å²) in [7, 11) is 0. The molecule has 0 aliphatic heterocycles.